The van der Waals surface area contributed by atoms with Gasteiger partial charge in [-0.3, -0.25) is 4.79 Å². The molecule has 1 aromatic carbocycles. The number of rotatable bonds is 8. The Balaban J connectivity index is 2.75. The van der Waals surface area contributed by atoms with Crippen molar-refractivity contribution < 1.29 is 9.90 Å². The summed E-state index contributed by atoms with van der Waals surface area (Å²) in [5.74, 6) is 0.0812. The van der Waals surface area contributed by atoms with Crippen molar-refractivity contribution in [3.05, 3.63) is 29.3 Å². The van der Waals surface area contributed by atoms with Gasteiger partial charge in [-0.15, -0.1) is 11.8 Å². The van der Waals surface area contributed by atoms with Crippen molar-refractivity contribution in [1.82, 2.24) is 4.90 Å². The molecule has 0 spiro atoms. The molecule has 0 saturated heterocycles. The lowest BCUT2D eigenvalue weighted by atomic mass is 10.1. The Morgan fingerprint density at radius 1 is 1.29 bits per heavy atom. The summed E-state index contributed by atoms with van der Waals surface area (Å²) in [5.41, 5.74) is 0. The highest BCUT2D eigenvalue weighted by molar-refractivity contribution is 8.00. The predicted molar refractivity (Wildman–Crippen MR) is 89.9 cm³/mol. The van der Waals surface area contributed by atoms with Crippen molar-refractivity contribution in [2.24, 2.45) is 0 Å². The molecule has 0 heterocycles. The Morgan fingerprint density at radius 3 is 2.33 bits per heavy atom. The van der Waals surface area contributed by atoms with Crippen LogP contribution in [0.15, 0.2) is 29.2 Å². The molecule has 0 fully saturated rings. The third kappa shape index (κ3) is 5.53. The van der Waals surface area contributed by atoms with Crippen LogP contribution >= 0.6 is 23.4 Å². The number of hydrogen-bond donors (Lipinski definition) is 1. The summed E-state index contributed by atoms with van der Waals surface area (Å²) in [6.07, 6.45) is 1.81. The fraction of sp³-hybridized carbons (Fsp3) is 0.562. The third-order valence-electron chi connectivity index (χ3n) is 3.48. The van der Waals surface area contributed by atoms with E-state index >= 15 is 0 Å². The molecule has 1 aromatic rings. The zero-order valence-electron chi connectivity index (χ0n) is 12.9. The monoisotopic (exact) mass is 329 g/mol. The van der Waals surface area contributed by atoms with Crippen LogP contribution in [0.25, 0.3) is 0 Å². The molecular formula is C16H24ClNO2S. The van der Waals surface area contributed by atoms with Gasteiger partial charge in [0.1, 0.15) is 0 Å². The minimum Gasteiger partial charge on any atom is -0.395 e. The van der Waals surface area contributed by atoms with Gasteiger partial charge < -0.3 is 10.0 Å². The molecule has 0 aliphatic heterocycles. The fourth-order valence-electron chi connectivity index (χ4n) is 2.31. The van der Waals surface area contributed by atoms with Gasteiger partial charge in [0.05, 0.1) is 11.9 Å². The van der Waals surface area contributed by atoms with E-state index in [1.807, 2.05) is 36.1 Å². The first-order valence-corrected chi connectivity index (χ1v) is 8.62. The summed E-state index contributed by atoms with van der Waals surface area (Å²) in [7, 11) is 0. The number of carbonyl (C=O) groups excluding carboxylic acids is 1. The molecule has 1 N–H and O–H groups in total. The van der Waals surface area contributed by atoms with Gasteiger partial charge in [0.2, 0.25) is 5.91 Å². The van der Waals surface area contributed by atoms with Crippen molar-refractivity contribution in [3.8, 4) is 0 Å². The van der Waals surface area contributed by atoms with E-state index in [9.17, 15) is 9.90 Å². The van der Waals surface area contributed by atoms with Gasteiger partial charge >= 0.3 is 0 Å². The minimum absolute atomic E-state index is 0.000567. The molecule has 1 amide bonds. The molecule has 0 aliphatic carbocycles. The highest BCUT2D eigenvalue weighted by Crippen LogP contribution is 2.26. The van der Waals surface area contributed by atoms with Crippen molar-refractivity contribution >= 4 is 29.3 Å². The minimum atomic E-state index is -0.182. The van der Waals surface area contributed by atoms with E-state index in [4.69, 9.17) is 11.6 Å². The maximum absolute atomic E-state index is 12.6. The number of aliphatic hydroxyl groups is 1. The Bertz CT molecular complexity index is 434. The molecule has 1 rings (SSSR count). The van der Waals surface area contributed by atoms with E-state index in [1.54, 1.807) is 0 Å². The lowest BCUT2D eigenvalue weighted by molar-refractivity contribution is -0.133. The fourth-order valence-corrected chi connectivity index (χ4v) is 3.37. The second-order valence-electron chi connectivity index (χ2n) is 4.94. The average molecular weight is 330 g/mol. The summed E-state index contributed by atoms with van der Waals surface area (Å²) in [5, 5.41) is 9.72. The number of carbonyl (C=O) groups is 1. The number of halogens is 1. The van der Waals surface area contributed by atoms with Gasteiger partial charge in [0, 0.05) is 22.5 Å². The molecule has 118 valence electrons. The van der Waals surface area contributed by atoms with E-state index in [-0.39, 0.29) is 23.8 Å². The summed E-state index contributed by atoms with van der Waals surface area (Å²) in [6, 6.07) is 7.69. The van der Waals surface area contributed by atoms with Crippen molar-refractivity contribution in [1.29, 1.82) is 0 Å². The first-order chi connectivity index (χ1) is 10.0. The van der Waals surface area contributed by atoms with Gasteiger partial charge in [-0.25, -0.2) is 0 Å². The normalized spacial score (nSPS) is 12.5. The van der Waals surface area contributed by atoms with Crippen LogP contribution in [0.5, 0.6) is 0 Å². The smallest absolute Gasteiger partial charge is 0.236 e. The third-order valence-corrected chi connectivity index (χ3v) is 4.83. The molecule has 0 saturated carbocycles. The largest absolute Gasteiger partial charge is 0.395 e. The van der Waals surface area contributed by atoms with E-state index in [0.29, 0.717) is 11.6 Å². The van der Waals surface area contributed by atoms with Gasteiger partial charge in [-0.2, -0.15) is 0 Å². The highest BCUT2D eigenvalue weighted by atomic mass is 35.5. The Kier molecular flexibility index (Phi) is 8.15. The molecule has 3 nitrogen and oxygen atoms in total. The van der Waals surface area contributed by atoms with Crippen LogP contribution in [0.2, 0.25) is 5.02 Å². The SMILES string of the molecule is CCC(CC)N(CCO)C(=O)C(C)Sc1ccc(Cl)cc1. The second-order valence-corrected chi connectivity index (χ2v) is 6.79. The maximum atomic E-state index is 12.6. The van der Waals surface area contributed by atoms with E-state index < -0.39 is 0 Å². The van der Waals surface area contributed by atoms with E-state index in [0.717, 1.165) is 17.7 Å². The molecule has 0 aliphatic rings. The number of aliphatic hydroxyl groups excluding tert-OH is 1. The van der Waals surface area contributed by atoms with Crippen LogP contribution in [0.4, 0.5) is 0 Å². The number of amides is 1. The highest BCUT2D eigenvalue weighted by Gasteiger charge is 2.25. The van der Waals surface area contributed by atoms with Gasteiger partial charge in [0.25, 0.3) is 0 Å². The molecule has 21 heavy (non-hydrogen) atoms. The summed E-state index contributed by atoms with van der Waals surface area (Å²) in [6.45, 7) is 6.46. The van der Waals surface area contributed by atoms with Gasteiger partial charge in [-0.1, -0.05) is 25.4 Å². The number of thioether (sulfide) groups is 1. The first kappa shape index (κ1) is 18.3. The molecule has 0 bridgehead atoms. The lowest BCUT2D eigenvalue weighted by Gasteiger charge is -2.32. The molecule has 0 aromatic heterocycles. The second kappa shape index (κ2) is 9.34. The molecule has 1 unspecified atom stereocenters. The zero-order valence-corrected chi connectivity index (χ0v) is 14.5. The number of nitrogens with zero attached hydrogens (tertiary/aromatic N) is 1. The zero-order chi connectivity index (χ0) is 15.8. The lowest BCUT2D eigenvalue weighted by Crippen LogP contribution is -2.45. The van der Waals surface area contributed by atoms with Crippen LogP contribution in [0.1, 0.15) is 33.6 Å². The first-order valence-electron chi connectivity index (χ1n) is 7.37. The number of hydrogen-bond acceptors (Lipinski definition) is 3. The summed E-state index contributed by atoms with van der Waals surface area (Å²) < 4.78 is 0. The Morgan fingerprint density at radius 2 is 1.86 bits per heavy atom. The molecular weight excluding hydrogens is 306 g/mol. The van der Waals surface area contributed by atoms with Crippen LogP contribution < -0.4 is 0 Å². The van der Waals surface area contributed by atoms with Gasteiger partial charge in [-0.05, 0) is 44.0 Å². The topological polar surface area (TPSA) is 40.5 Å². The summed E-state index contributed by atoms with van der Waals surface area (Å²) >= 11 is 7.39. The Labute approximate surface area is 136 Å². The van der Waals surface area contributed by atoms with Crippen LogP contribution in [-0.4, -0.2) is 40.4 Å². The van der Waals surface area contributed by atoms with E-state index in [2.05, 4.69) is 13.8 Å². The van der Waals surface area contributed by atoms with E-state index in [1.165, 1.54) is 11.8 Å². The van der Waals surface area contributed by atoms with Crippen LogP contribution in [-0.2, 0) is 4.79 Å². The van der Waals surface area contributed by atoms with Crippen LogP contribution in [0, 0.1) is 0 Å². The van der Waals surface area contributed by atoms with Crippen LogP contribution in [0.3, 0.4) is 0 Å². The predicted octanol–water partition coefficient (Wildman–Crippen LogP) is 3.83. The quantitative estimate of drug-likeness (QED) is 0.737. The van der Waals surface area contributed by atoms with Gasteiger partial charge in [0.15, 0.2) is 0 Å². The molecule has 1 atom stereocenters. The summed E-state index contributed by atoms with van der Waals surface area (Å²) in [4.78, 5) is 15.5. The van der Waals surface area contributed by atoms with Crippen molar-refractivity contribution in [3.63, 3.8) is 0 Å². The van der Waals surface area contributed by atoms with Crippen molar-refractivity contribution in [2.45, 2.75) is 49.8 Å². The molecule has 0 radical (unpaired) electrons. The Hall–Kier alpha value is -0.710. The van der Waals surface area contributed by atoms with Crippen molar-refractivity contribution in [2.75, 3.05) is 13.2 Å². The number of benzene rings is 1. The molecule has 5 heteroatoms. The average Bonchev–Trinajstić information content (AvgIpc) is 2.49. The standard InChI is InChI=1S/C16H24ClNO2S/c1-4-14(5-2)18(10-11-19)16(20)12(3)21-15-8-6-13(17)7-9-15/h6-9,12,14,19H,4-5,10-11H2,1-3H3. The maximum Gasteiger partial charge on any atom is 0.236 e.